The minimum atomic E-state index is -3.26. The third-order valence-electron chi connectivity index (χ3n) is 1.84. The molecule has 1 aromatic heterocycles. The van der Waals surface area contributed by atoms with E-state index in [0.717, 1.165) is 0 Å². The van der Waals surface area contributed by atoms with Gasteiger partial charge in [0.2, 0.25) is 0 Å². The van der Waals surface area contributed by atoms with E-state index in [4.69, 9.17) is 0 Å². The number of sulfonamides is 1. The van der Waals surface area contributed by atoms with Crippen LogP contribution in [-0.2, 0) is 10.0 Å². The molecule has 0 amide bonds. The fourth-order valence-corrected chi connectivity index (χ4v) is 3.33. The first kappa shape index (κ1) is 14.9. The molecule has 1 rings (SSSR count). The Labute approximate surface area is 101 Å². The summed E-state index contributed by atoms with van der Waals surface area (Å²) >= 11 is 1.24. The van der Waals surface area contributed by atoms with Gasteiger partial charge in [-0.2, -0.15) is 4.31 Å². The fourth-order valence-electron chi connectivity index (χ4n) is 0.953. The number of halogens is 1. The summed E-state index contributed by atoms with van der Waals surface area (Å²) in [6.07, 6.45) is 0. The molecule has 0 aliphatic rings. The summed E-state index contributed by atoms with van der Waals surface area (Å²) in [6.45, 7) is 1.14. The average molecular weight is 271 g/mol. The highest BCUT2D eigenvalue weighted by Gasteiger charge is 2.20. The van der Waals surface area contributed by atoms with Crippen LogP contribution in [0.4, 0.5) is 0 Å². The molecular weight excluding hydrogens is 256 g/mol. The van der Waals surface area contributed by atoms with E-state index in [0.29, 0.717) is 17.3 Å². The van der Waals surface area contributed by atoms with E-state index in [2.05, 4.69) is 5.32 Å². The largest absolute Gasteiger partial charge is 0.318 e. The van der Waals surface area contributed by atoms with Crippen LogP contribution in [0.5, 0.6) is 0 Å². The van der Waals surface area contributed by atoms with Gasteiger partial charge in [-0.15, -0.1) is 23.7 Å². The van der Waals surface area contributed by atoms with Gasteiger partial charge in [0.15, 0.2) is 0 Å². The molecule has 0 saturated heterocycles. The first-order chi connectivity index (χ1) is 6.59. The van der Waals surface area contributed by atoms with Crippen molar-refractivity contribution in [3.05, 3.63) is 17.5 Å². The summed E-state index contributed by atoms with van der Waals surface area (Å²) in [5.74, 6) is 0. The molecule has 0 aliphatic carbocycles. The highest BCUT2D eigenvalue weighted by Crippen LogP contribution is 2.19. The van der Waals surface area contributed by atoms with Gasteiger partial charge in [0.05, 0.1) is 0 Å². The third-order valence-corrected chi connectivity index (χ3v) is 5.07. The third kappa shape index (κ3) is 3.73. The van der Waals surface area contributed by atoms with Crippen molar-refractivity contribution in [1.82, 2.24) is 9.62 Å². The molecule has 1 aromatic rings. The van der Waals surface area contributed by atoms with Gasteiger partial charge in [-0.25, -0.2) is 8.42 Å². The fraction of sp³-hybridized carbons (Fsp3) is 0.500. The van der Waals surface area contributed by atoms with Crippen molar-refractivity contribution in [3.8, 4) is 0 Å². The quantitative estimate of drug-likeness (QED) is 0.869. The number of nitrogens with one attached hydrogen (secondary N) is 1. The number of hydrogen-bond acceptors (Lipinski definition) is 4. The van der Waals surface area contributed by atoms with E-state index in [9.17, 15) is 8.42 Å². The van der Waals surface area contributed by atoms with Crippen LogP contribution >= 0.6 is 23.7 Å². The molecule has 0 saturated carbocycles. The van der Waals surface area contributed by atoms with Gasteiger partial charge >= 0.3 is 0 Å². The summed E-state index contributed by atoms with van der Waals surface area (Å²) in [5, 5.41) is 4.68. The average Bonchev–Trinajstić information content (AvgIpc) is 2.67. The molecule has 0 spiro atoms. The summed E-state index contributed by atoms with van der Waals surface area (Å²) in [5.41, 5.74) is 0. The SMILES string of the molecule is CNCCN(C)S(=O)(=O)c1cccs1.Cl. The van der Waals surface area contributed by atoms with Crippen LogP contribution in [-0.4, -0.2) is 39.9 Å². The van der Waals surface area contributed by atoms with E-state index in [1.807, 2.05) is 0 Å². The van der Waals surface area contributed by atoms with Crippen LogP contribution < -0.4 is 5.32 Å². The van der Waals surface area contributed by atoms with Crippen molar-refractivity contribution in [2.45, 2.75) is 4.21 Å². The second-order valence-electron chi connectivity index (χ2n) is 2.86. The molecule has 0 aliphatic heterocycles. The predicted octanol–water partition coefficient (Wildman–Crippen LogP) is 1.01. The number of rotatable bonds is 5. The van der Waals surface area contributed by atoms with Crippen LogP contribution in [0.1, 0.15) is 0 Å². The zero-order valence-electron chi connectivity index (χ0n) is 8.63. The van der Waals surface area contributed by atoms with Crippen LogP contribution in [0.3, 0.4) is 0 Å². The Balaban J connectivity index is 0.00000196. The molecule has 0 fully saturated rings. The first-order valence-electron chi connectivity index (χ1n) is 4.23. The van der Waals surface area contributed by atoms with Gasteiger partial charge in [-0.05, 0) is 18.5 Å². The maximum absolute atomic E-state index is 11.8. The number of hydrogen-bond donors (Lipinski definition) is 1. The van der Waals surface area contributed by atoms with Crippen LogP contribution in [0.25, 0.3) is 0 Å². The van der Waals surface area contributed by atoms with E-state index in [1.54, 1.807) is 31.6 Å². The number of likely N-dealkylation sites (N-methyl/N-ethyl adjacent to an activating group) is 2. The normalized spacial score (nSPS) is 11.4. The minimum Gasteiger partial charge on any atom is -0.318 e. The van der Waals surface area contributed by atoms with Crippen LogP contribution in [0.2, 0.25) is 0 Å². The molecule has 0 unspecified atom stereocenters. The van der Waals surface area contributed by atoms with Gasteiger partial charge in [-0.3, -0.25) is 0 Å². The Morgan fingerprint density at radius 1 is 1.53 bits per heavy atom. The van der Waals surface area contributed by atoms with Gasteiger partial charge in [0.1, 0.15) is 4.21 Å². The maximum Gasteiger partial charge on any atom is 0.252 e. The molecule has 0 bridgehead atoms. The van der Waals surface area contributed by atoms with Gasteiger partial charge in [0.25, 0.3) is 10.0 Å². The molecule has 4 nitrogen and oxygen atoms in total. The lowest BCUT2D eigenvalue weighted by Crippen LogP contribution is -2.32. The van der Waals surface area contributed by atoms with Crippen molar-refractivity contribution in [2.24, 2.45) is 0 Å². The monoisotopic (exact) mass is 270 g/mol. The lowest BCUT2D eigenvalue weighted by atomic mass is 10.6. The van der Waals surface area contributed by atoms with Crippen molar-refractivity contribution >= 4 is 33.8 Å². The van der Waals surface area contributed by atoms with Crippen molar-refractivity contribution in [2.75, 3.05) is 27.2 Å². The van der Waals surface area contributed by atoms with Gasteiger partial charge in [0, 0.05) is 20.1 Å². The van der Waals surface area contributed by atoms with Crippen molar-refractivity contribution in [1.29, 1.82) is 0 Å². The summed E-state index contributed by atoms with van der Waals surface area (Å²) in [7, 11) is 0.131. The second kappa shape index (κ2) is 6.44. The zero-order valence-corrected chi connectivity index (χ0v) is 11.1. The van der Waals surface area contributed by atoms with Crippen molar-refractivity contribution < 1.29 is 8.42 Å². The summed E-state index contributed by atoms with van der Waals surface area (Å²) in [6, 6.07) is 3.36. The van der Waals surface area contributed by atoms with E-state index in [1.165, 1.54) is 15.6 Å². The smallest absolute Gasteiger partial charge is 0.252 e. The predicted molar refractivity (Wildman–Crippen MR) is 65.3 cm³/mol. The molecule has 7 heteroatoms. The first-order valence-corrected chi connectivity index (χ1v) is 6.55. The molecule has 0 aromatic carbocycles. The molecule has 0 atom stereocenters. The second-order valence-corrected chi connectivity index (χ2v) is 6.08. The standard InChI is InChI=1S/C8H14N2O2S2.ClH/c1-9-5-6-10(2)14(11,12)8-4-3-7-13-8;/h3-4,7,9H,5-6H2,1-2H3;1H. The number of nitrogens with zero attached hydrogens (tertiary/aromatic N) is 1. The minimum absolute atomic E-state index is 0. The molecule has 88 valence electrons. The van der Waals surface area contributed by atoms with E-state index >= 15 is 0 Å². The zero-order chi connectivity index (χ0) is 10.6. The Kier molecular flexibility index (Phi) is 6.38. The van der Waals surface area contributed by atoms with Gasteiger partial charge < -0.3 is 5.32 Å². The molecule has 1 N–H and O–H groups in total. The Morgan fingerprint density at radius 2 is 2.20 bits per heavy atom. The Hall–Kier alpha value is -0.140. The van der Waals surface area contributed by atoms with E-state index < -0.39 is 10.0 Å². The molecule has 1 heterocycles. The van der Waals surface area contributed by atoms with E-state index in [-0.39, 0.29) is 12.4 Å². The lowest BCUT2D eigenvalue weighted by molar-refractivity contribution is 0.467. The Morgan fingerprint density at radius 3 is 2.67 bits per heavy atom. The van der Waals surface area contributed by atoms with Crippen molar-refractivity contribution in [3.63, 3.8) is 0 Å². The summed E-state index contributed by atoms with van der Waals surface area (Å²) < 4.78 is 25.4. The highest BCUT2D eigenvalue weighted by atomic mass is 35.5. The van der Waals surface area contributed by atoms with Gasteiger partial charge in [-0.1, -0.05) is 6.07 Å². The Bertz CT molecular complexity index is 364. The highest BCUT2D eigenvalue weighted by molar-refractivity contribution is 7.91. The molecule has 0 radical (unpaired) electrons. The van der Waals surface area contributed by atoms with Crippen LogP contribution in [0, 0.1) is 0 Å². The molecule has 15 heavy (non-hydrogen) atoms. The topological polar surface area (TPSA) is 49.4 Å². The summed E-state index contributed by atoms with van der Waals surface area (Å²) in [4.78, 5) is 0. The van der Waals surface area contributed by atoms with Crippen LogP contribution in [0.15, 0.2) is 21.7 Å². The number of thiophene rings is 1. The molecular formula is C8H15ClN2O2S2. The lowest BCUT2D eigenvalue weighted by Gasteiger charge is -2.15. The maximum atomic E-state index is 11.8.